The van der Waals surface area contributed by atoms with Crippen molar-refractivity contribution in [3.8, 4) is 0 Å². The van der Waals surface area contributed by atoms with Gasteiger partial charge in [-0.3, -0.25) is 14.4 Å². The van der Waals surface area contributed by atoms with Crippen LogP contribution < -0.4 is 21.3 Å². The van der Waals surface area contributed by atoms with Crippen molar-refractivity contribution in [3.63, 3.8) is 0 Å². The summed E-state index contributed by atoms with van der Waals surface area (Å²) in [6.45, 7) is 6.74. The first-order valence-corrected chi connectivity index (χ1v) is 11.0. The number of hydrogen-bond donors (Lipinski definition) is 4. The molecule has 3 heterocycles. The minimum atomic E-state index is -0.797. The largest absolute Gasteiger partial charge is 0.354 e. The maximum Gasteiger partial charge on any atom is 0.317 e. The summed E-state index contributed by atoms with van der Waals surface area (Å²) in [5.74, 6) is -0.721. The fourth-order valence-corrected chi connectivity index (χ4v) is 4.27. The van der Waals surface area contributed by atoms with Crippen LogP contribution in [-0.4, -0.2) is 90.9 Å². The van der Waals surface area contributed by atoms with Crippen LogP contribution in [0.2, 0.25) is 0 Å². The monoisotopic (exact) mass is 422 g/mol. The fraction of sp³-hybridized carbons (Fsp3) is 0.800. The van der Waals surface area contributed by atoms with Crippen LogP contribution in [0.3, 0.4) is 0 Å². The minimum Gasteiger partial charge on any atom is -0.354 e. The van der Waals surface area contributed by atoms with Gasteiger partial charge >= 0.3 is 6.03 Å². The average molecular weight is 423 g/mol. The Bertz CT molecular complexity index is 664. The summed E-state index contributed by atoms with van der Waals surface area (Å²) >= 11 is 0. The van der Waals surface area contributed by atoms with Gasteiger partial charge in [0.25, 0.3) is 0 Å². The number of carbonyl (C=O) groups excluding carboxylic acids is 4. The summed E-state index contributed by atoms with van der Waals surface area (Å²) < 4.78 is 0. The Morgan fingerprint density at radius 3 is 2.47 bits per heavy atom. The quantitative estimate of drug-likeness (QED) is 0.463. The molecule has 0 bridgehead atoms. The smallest absolute Gasteiger partial charge is 0.317 e. The molecule has 168 valence electrons. The lowest BCUT2D eigenvalue weighted by molar-refractivity contribution is -0.147. The van der Waals surface area contributed by atoms with E-state index in [9.17, 15) is 19.2 Å². The van der Waals surface area contributed by atoms with Crippen LogP contribution in [0.25, 0.3) is 0 Å². The van der Waals surface area contributed by atoms with Gasteiger partial charge in [0.2, 0.25) is 17.7 Å². The van der Waals surface area contributed by atoms with Gasteiger partial charge in [-0.1, -0.05) is 0 Å². The molecule has 3 aliphatic rings. The number of carbonyl (C=O) groups is 4. The number of nitrogens with zero attached hydrogens (tertiary/aromatic N) is 2. The Balaban J connectivity index is 1.73. The SMILES string of the molecule is CC(C)NC(=O)N1CCN(C(=O)C2CCNCC2)C(C(=O)NC2CCCNC2=O)C1. The third-order valence-corrected chi connectivity index (χ3v) is 5.96. The van der Waals surface area contributed by atoms with Crippen LogP contribution in [0.15, 0.2) is 0 Å². The highest BCUT2D eigenvalue weighted by Gasteiger charge is 2.40. The number of nitrogens with one attached hydrogen (secondary N) is 4. The molecule has 2 atom stereocenters. The van der Waals surface area contributed by atoms with Crippen molar-refractivity contribution >= 4 is 23.8 Å². The minimum absolute atomic E-state index is 0.0230. The third-order valence-electron chi connectivity index (χ3n) is 5.96. The molecular weight excluding hydrogens is 388 g/mol. The average Bonchev–Trinajstić information content (AvgIpc) is 2.74. The van der Waals surface area contributed by atoms with E-state index in [2.05, 4.69) is 21.3 Å². The highest BCUT2D eigenvalue weighted by atomic mass is 16.2. The second-order valence-corrected chi connectivity index (χ2v) is 8.62. The first-order chi connectivity index (χ1) is 14.4. The molecule has 30 heavy (non-hydrogen) atoms. The number of rotatable bonds is 4. The number of piperazine rings is 1. The maximum absolute atomic E-state index is 13.2. The standard InChI is InChI=1S/C20H34N6O4/c1-13(2)23-20(30)25-10-11-26(19(29)14-5-8-21-9-6-14)16(12-25)18(28)24-15-4-3-7-22-17(15)27/h13-16,21H,3-12H2,1-2H3,(H,22,27)(H,23,30)(H,24,28). The molecule has 0 saturated carbocycles. The summed E-state index contributed by atoms with van der Waals surface area (Å²) in [6.07, 6.45) is 2.85. The summed E-state index contributed by atoms with van der Waals surface area (Å²) in [5, 5.41) is 11.7. The van der Waals surface area contributed by atoms with Gasteiger partial charge in [0.1, 0.15) is 12.1 Å². The van der Waals surface area contributed by atoms with Crippen LogP contribution >= 0.6 is 0 Å². The van der Waals surface area contributed by atoms with E-state index >= 15 is 0 Å². The molecule has 10 heteroatoms. The molecule has 0 aromatic carbocycles. The fourth-order valence-electron chi connectivity index (χ4n) is 4.27. The van der Waals surface area contributed by atoms with Gasteiger partial charge in [0, 0.05) is 31.6 Å². The highest BCUT2D eigenvalue weighted by molar-refractivity contribution is 5.93. The maximum atomic E-state index is 13.2. The third kappa shape index (κ3) is 5.41. The van der Waals surface area contributed by atoms with Gasteiger partial charge in [-0.2, -0.15) is 0 Å². The molecule has 2 unspecified atom stereocenters. The number of urea groups is 1. The molecule has 0 radical (unpaired) electrons. The second kappa shape index (κ2) is 10.1. The van der Waals surface area contributed by atoms with Gasteiger partial charge < -0.3 is 31.1 Å². The Labute approximate surface area is 177 Å². The van der Waals surface area contributed by atoms with Gasteiger partial charge in [0.15, 0.2) is 0 Å². The Kier molecular flexibility index (Phi) is 7.52. The first-order valence-electron chi connectivity index (χ1n) is 11.0. The van der Waals surface area contributed by atoms with Gasteiger partial charge in [-0.15, -0.1) is 0 Å². The molecule has 0 aliphatic carbocycles. The molecule has 3 saturated heterocycles. The van der Waals surface area contributed by atoms with Crippen LogP contribution in [0, 0.1) is 5.92 Å². The zero-order valence-corrected chi connectivity index (χ0v) is 17.9. The van der Waals surface area contributed by atoms with E-state index in [0.29, 0.717) is 26.1 Å². The van der Waals surface area contributed by atoms with Crippen molar-refractivity contribution in [3.05, 3.63) is 0 Å². The lowest BCUT2D eigenvalue weighted by Crippen LogP contribution is -2.65. The van der Waals surface area contributed by atoms with Crippen molar-refractivity contribution in [2.45, 2.75) is 57.7 Å². The number of amides is 5. The van der Waals surface area contributed by atoms with E-state index < -0.39 is 12.1 Å². The number of hydrogen-bond acceptors (Lipinski definition) is 5. The zero-order chi connectivity index (χ0) is 21.7. The van der Waals surface area contributed by atoms with Gasteiger partial charge in [-0.25, -0.2) is 4.79 Å². The van der Waals surface area contributed by atoms with E-state index in [4.69, 9.17) is 0 Å². The van der Waals surface area contributed by atoms with Crippen LogP contribution in [0.1, 0.15) is 39.5 Å². The summed E-state index contributed by atoms with van der Waals surface area (Å²) in [4.78, 5) is 54.1. The van der Waals surface area contributed by atoms with Crippen molar-refractivity contribution in [1.82, 2.24) is 31.1 Å². The highest BCUT2D eigenvalue weighted by Crippen LogP contribution is 2.20. The van der Waals surface area contributed by atoms with Gasteiger partial charge in [0.05, 0.1) is 6.54 Å². The molecule has 3 aliphatic heterocycles. The molecule has 3 fully saturated rings. The predicted octanol–water partition coefficient (Wildman–Crippen LogP) is -0.988. The van der Waals surface area contributed by atoms with Crippen LogP contribution in [-0.2, 0) is 14.4 Å². The van der Waals surface area contributed by atoms with Crippen molar-refractivity contribution in [1.29, 1.82) is 0 Å². The lowest BCUT2D eigenvalue weighted by Gasteiger charge is -2.42. The summed E-state index contributed by atoms with van der Waals surface area (Å²) in [5.41, 5.74) is 0. The topological polar surface area (TPSA) is 123 Å². The van der Waals surface area contributed by atoms with E-state index in [0.717, 1.165) is 32.4 Å². The number of piperidine rings is 2. The molecule has 4 N–H and O–H groups in total. The predicted molar refractivity (Wildman–Crippen MR) is 111 cm³/mol. The lowest BCUT2D eigenvalue weighted by atomic mass is 9.95. The van der Waals surface area contributed by atoms with Crippen LogP contribution in [0.4, 0.5) is 4.79 Å². The molecule has 0 aromatic rings. The summed E-state index contributed by atoms with van der Waals surface area (Å²) in [7, 11) is 0. The van der Waals surface area contributed by atoms with E-state index in [1.54, 1.807) is 9.80 Å². The normalized spacial score (nSPS) is 25.6. The molecule has 3 rings (SSSR count). The Morgan fingerprint density at radius 1 is 1.07 bits per heavy atom. The molecule has 10 nitrogen and oxygen atoms in total. The van der Waals surface area contributed by atoms with Gasteiger partial charge in [-0.05, 0) is 52.6 Å². The van der Waals surface area contributed by atoms with Crippen molar-refractivity contribution < 1.29 is 19.2 Å². The Morgan fingerprint density at radius 2 is 1.80 bits per heavy atom. The molecule has 0 spiro atoms. The van der Waals surface area contributed by atoms with E-state index in [-0.39, 0.29) is 42.3 Å². The first kappa shape index (κ1) is 22.3. The van der Waals surface area contributed by atoms with Crippen molar-refractivity contribution in [2.24, 2.45) is 5.92 Å². The second-order valence-electron chi connectivity index (χ2n) is 8.62. The molecule has 0 aromatic heterocycles. The van der Waals surface area contributed by atoms with E-state index in [1.807, 2.05) is 13.8 Å². The van der Waals surface area contributed by atoms with Crippen LogP contribution in [0.5, 0.6) is 0 Å². The van der Waals surface area contributed by atoms with Crippen molar-refractivity contribution in [2.75, 3.05) is 39.3 Å². The Hall–Kier alpha value is -2.36. The molecular formula is C20H34N6O4. The molecule has 5 amide bonds. The van der Waals surface area contributed by atoms with E-state index in [1.165, 1.54) is 0 Å². The summed E-state index contributed by atoms with van der Waals surface area (Å²) in [6, 6.07) is -1.66. The zero-order valence-electron chi connectivity index (χ0n) is 17.9.